The minimum absolute atomic E-state index is 0.0526. The van der Waals surface area contributed by atoms with Crippen LogP contribution in [0.3, 0.4) is 0 Å². The Hall–Kier alpha value is -5.30. The van der Waals surface area contributed by atoms with Crippen molar-refractivity contribution in [2.24, 2.45) is 0 Å². The van der Waals surface area contributed by atoms with E-state index in [0.717, 1.165) is 0 Å². The molecule has 0 unspecified atom stereocenters. The predicted octanol–water partition coefficient (Wildman–Crippen LogP) is 5.07. The lowest BCUT2D eigenvalue weighted by molar-refractivity contribution is 0.413. The first-order valence-electron chi connectivity index (χ1n) is 12.1. The van der Waals surface area contributed by atoms with E-state index >= 15 is 0 Å². The number of hydrogen-bond acceptors (Lipinski definition) is 10. The Morgan fingerprint density at radius 3 is 1.24 bits per heavy atom. The summed E-state index contributed by atoms with van der Waals surface area (Å²) in [6.07, 6.45) is 0. The van der Waals surface area contributed by atoms with Gasteiger partial charge < -0.3 is 17.8 Å². The molecule has 42 heavy (non-hydrogen) atoms. The summed E-state index contributed by atoms with van der Waals surface area (Å²) >= 11 is 0. The van der Waals surface area contributed by atoms with Crippen LogP contribution in [0.5, 0.6) is 23.0 Å². The molecule has 5 rings (SSSR count). The van der Waals surface area contributed by atoms with Crippen molar-refractivity contribution in [1.29, 1.82) is 10.5 Å². The van der Waals surface area contributed by atoms with Gasteiger partial charge in [-0.05, 0) is 95.1 Å². The van der Waals surface area contributed by atoms with E-state index in [-0.39, 0.29) is 43.6 Å². The van der Waals surface area contributed by atoms with E-state index in [9.17, 15) is 27.4 Å². The van der Waals surface area contributed by atoms with E-state index in [1.165, 1.54) is 74.9 Å². The van der Waals surface area contributed by atoms with E-state index in [1.54, 1.807) is 24.3 Å². The maximum Gasteiger partial charge on any atom is 0.339 e. The molecule has 0 spiro atoms. The molecule has 1 aliphatic rings. The van der Waals surface area contributed by atoms with Gasteiger partial charge in [0.2, 0.25) is 0 Å². The predicted molar refractivity (Wildman–Crippen MR) is 151 cm³/mol. The molecule has 0 aromatic heterocycles. The Kier molecular flexibility index (Phi) is 7.35. The quantitative estimate of drug-likeness (QED) is 0.174. The Bertz CT molecular complexity index is 1890. The fourth-order valence-corrected chi connectivity index (χ4v) is 6.32. The topological polar surface area (TPSA) is 153 Å². The van der Waals surface area contributed by atoms with Gasteiger partial charge in [0.25, 0.3) is 0 Å². The molecule has 12 heteroatoms. The molecule has 0 heterocycles. The van der Waals surface area contributed by atoms with Crippen molar-refractivity contribution >= 4 is 25.8 Å². The summed E-state index contributed by atoms with van der Waals surface area (Å²) < 4.78 is 73.3. The highest BCUT2D eigenvalue weighted by Gasteiger charge is 2.31. The third kappa shape index (κ3) is 5.24. The molecule has 4 aromatic carbocycles. The van der Waals surface area contributed by atoms with Gasteiger partial charge in [0.05, 0.1) is 14.2 Å². The number of hydrogen-bond donors (Lipinski definition) is 0. The minimum atomic E-state index is -4.33. The molecule has 0 amide bonds. The maximum absolute atomic E-state index is 13.1. The van der Waals surface area contributed by atoms with Crippen molar-refractivity contribution in [3.05, 3.63) is 102 Å². The summed E-state index contributed by atoms with van der Waals surface area (Å²) in [7, 11) is -5.71. The van der Waals surface area contributed by atoms with Crippen LogP contribution in [0, 0.1) is 22.7 Å². The van der Waals surface area contributed by atoms with Crippen molar-refractivity contribution < 1.29 is 34.7 Å². The van der Waals surface area contributed by atoms with Crippen LogP contribution in [0.1, 0.15) is 11.1 Å². The number of fused-ring (bicyclic) bond motifs is 3. The van der Waals surface area contributed by atoms with E-state index < -0.39 is 20.2 Å². The SMILES string of the molecule is COc1ccc(OS(=O)(=O)c2ccc3c(c2)C(=C(C#N)C#N)c2cc(S(=O)(=O)Oc4ccc(OC)cc4)ccc2-3)cc1. The third-order valence-corrected chi connectivity index (χ3v) is 8.88. The van der Waals surface area contributed by atoms with Crippen LogP contribution >= 0.6 is 0 Å². The van der Waals surface area contributed by atoms with Crippen LogP contribution in [0.15, 0.2) is 100 Å². The zero-order valence-electron chi connectivity index (χ0n) is 22.1. The molecule has 0 radical (unpaired) electrons. The van der Waals surface area contributed by atoms with Crippen LogP contribution in [0.4, 0.5) is 0 Å². The summed E-state index contributed by atoms with van der Waals surface area (Å²) in [6.45, 7) is 0. The minimum Gasteiger partial charge on any atom is -0.497 e. The van der Waals surface area contributed by atoms with Gasteiger partial charge in [-0.15, -0.1) is 0 Å². The molecule has 1 aliphatic carbocycles. The highest BCUT2D eigenvalue weighted by atomic mass is 32.2. The molecule has 0 N–H and O–H groups in total. The standard InChI is InChI=1S/C30H20N2O8S2/c1-37-20-3-7-22(8-4-20)39-41(33,34)24-11-13-26-27-14-12-25(16-29(27)30(28(26)15-24)19(17-31)18-32)42(35,36)40-23-9-5-21(38-2)6-10-23/h3-16H,1-2H3. The highest BCUT2D eigenvalue weighted by Crippen LogP contribution is 2.47. The first-order chi connectivity index (χ1) is 20.1. The van der Waals surface area contributed by atoms with E-state index in [4.69, 9.17) is 17.8 Å². The molecule has 0 saturated carbocycles. The zero-order chi connectivity index (χ0) is 30.1. The molecular formula is C30H20N2O8S2. The van der Waals surface area contributed by atoms with Gasteiger partial charge in [0, 0.05) is 5.57 Å². The number of nitriles is 2. The number of methoxy groups -OCH3 is 2. The van der Waals surface area contributed by atoms with E-state index in [1.807, 2.05) is 12.1 Å². The lowest BCUT2D eigenvalue weighted by Gasteiger charge is -2.10. The molecule has 0 bridgehead atoms. The molecular weight excluding hydrogens is 580 g/mol. The van der Waals surface area contributed by atoms with E-state index in [0.29, 0.717) is 22.6 Å². The third-order valence-electron chi connectivity index (χ3n) is 6.39. The Morgan fingerprint density at radius 1 is 0.548 bits per heavy atom. The number of benzene rings is 4. The normalized spacial score (nSPS) is 11.9. The van der Waals surface area contributed by atoms with Crippen LogP contribution in [-0.4, -0.2) is 31.1 Å². The van der Waals surface area contributed by atoms with Gasteiger partial charge in [-0.2, -0.15) is 27.4 Å². The number of rotatable bonds is 8. The van der Waals surface area contributed by atoms with Gasteiger partial charge in [0.1, 0.15) is 50.5 Å². The summed E-state index contributed by atoms with van der Waals surface area (Å²) in [5.41, 5.74) is 1.29. The number of ether oxygens (including phenoxy) is 2. The molecule has 4 aromatic rings. The largest absolute Gasteiger partial charge is 0.497 e. The molecule has 0 saturated heterocycles. The molecule has 0 atom stereocenters. The first-order valence-corrected chi connectivity index (χ1v) is 14.9. The second-order valence-corrected chi connectivity index (χ2v) is 11.9. The lowest BCUT2D eigenvalue weighted by Crippen LogP contribution is -2.10. The fraction of sp³-hybridized carbons (Fsp3) is 0.0667. The average molecular weight is 601 g/mol. The van der Waals surface area contributed by atoms with Gasteiger partial charge >= 0.3 is 20.2 Å². The number of allylic oxidation sites excluding steroid dienone is 1. The van der Waals surface area contributed by atoms with Crippen molar-refractivity contribution in [2.75, 3.05) is 14.2 Å². The zero-order valence-corrected chi connectivity index (χ0v) is 23.7. The summed E-state index contributed by atoms with van der Waals surface area (Å²) in [4.78, 5) is -0.457. The molecule has 10 nitrogen and oxygen atoms in total. The Balaban J connectivity index is 1.55. The van der Waals surface area contributed by atoms with Gasteiger partial charge in [-0.1, -0.05) is 12.1 Å². The van der Waals surface area contributed by atoms with Crippen molar-refractivity contribution in [1.82, 2.24) is 0 Å². The van der Waals surface area contributed by atoms with Crippen LogP contribution in [0.25, 0.3) is 16.7 Å². The average Bonchev–Trinajstić information content (AvgIpc) is 3.31. The van der Waals surface area contributed by atoms with Crippen LogP contribution in [-0.2, 0) is 20.2 Å². The first kappa shape index (κ1) is 28.2. The van der Waals surface area contributed by atoms with Gasteiger partial charge in [-0.3, -0.25) is 0 Å². The van der Waals surface area contributed by atoms with Gasteiger partial charge in [-0.25, -0.2) is 0 Å². The second kappa shape index (κ2) is 10.9. The van der Waals surface area contributed by atoms with E-state index in [2.05, 4.69) is 0 Å². The summed E-state index contributed by atoms with van der Waals surface area (Å²) in [5.74, 6) is 1.14. The Morgan fingerprint density at radius 2 is 0.905 bits per heavy atom. The van der Waals surface area contributed by atoms with Crippen molar-refractivity contribution in [2.45, 2.75) is 9.79 Å². The van der Waals surface area contributed by atoms with Crippen LogP contribution in [0.2, 0.25) is 0 Å². The highest BCUT2D eigenvalue weighted by molar-refractivity contribution is 7.87. The van der Waals surface area contributed by atoms with Crippen molar-refractivity contribution in [3.8, 4) is 46.3 Å². The second-order valence-electron chi connectivity index (χ2n) is 8.81. The maximum atomic E-state index is 13.1. The Labute approximate surface area is 242 Å². The molecule has 210 valence electrons. The summed E-state index contributed by atoms with van der Waals surface area (Å²) in [5, 5.41) is 19.5. The van der Waals surface area contributed by atoms with Crippen molar-refractivity contribution in [3.63, 3.8) is 0 Å². The smallest absolute Gasteiger partial charge is 0.339 e. The fourth-order valence-electron chi connectivity index (χ4n) is 4.40. The monoisotopic (exact) mass is 600 g/mol. The molecule has 0 fully saturated rings. The number of nitrogens with zero attached hydrogens (tertiary/aromatic N) is 2. The lowest BCUT2D eigenvalue weighted by atomic mass is 9.99. The molecule has 0 aliphatic heterocycles. The van der Waals surface area contributed by atoms with Gasteiger partial charge in [0.15, 0.2) is 0 Å². The summed E-state index contributed by atoms with van der Waals surface area (Å²) in [6, 6.07) is 23.8. The van der Waals surface area contributed by atoms with Crippen LogP contribution < -0.4 is 17.8 Å².